The Bertz CT molecular complexity index is 2360. The zero-order valence-electron chi connectivity index (χ0n) is 33.4. The first-order valence-corrected chi connectivity index (χ1v) is 21.3. The van der Waals surface area contributed by atoms with Crippen molar-refractivity contribution in [2.45, 2.75) is 93.8 Å². The average Bonchev–Trinajstić information content (AvgIpc) is 3.85. The molecule has 0 bridgehead atoms. The minimum absolute atomic E-state index is 0. The van der Waals surface area contributed by atoms with E-state index < -0.39 is 5.60 Å². The topological polar surface area (TPSA) is 75.7 Å². The van der Waals surface area contributed by atoms with Crippen molar-refractivity contribution in [1.82, 2.24) is 10.2 Å². The fraction of sp³-hybridized carbons (Fsp3) is 0.314. The summed E-state index contributed by atoms with van der Waals surface area (Å²) < 4.78 is 5.51. The minimum atomic E-state index is -0.514. The second-order valence-corrected chi connectivity index (χ2v) is 18.1. The van der Waals surface area contributed by atoms with Gasteiger partial charge in [0.05, 0.1) is 16.3 Å². The fourth-order valence-corrected chi connectivity index (χ4v) is 9.74. The van der Waals surface area contributed by atoms with Crippen LogP contribution in [0.1, 0.15) is 98.1 Å². The van der Waals surface area contributed by atoms with Crippen molar-refractivity contribution >= 4 is 40.3 Å². The van der Waals surface area contributed by atoms with Crippen LogP contribution in [0.3, 0.4) is 0 Å². The maximum Gasteiger partial charge on any atom is 0.410 e. The van der Waals surface area contributed by atoms with Crippen LogP contribution in [-0.4, -0.2) is 41.3 Å². The van der Waals surface area contributed by atoms with Crippen LogP contribution < -0.4 is 5.32 Å². The molecule has 2 aromatic heterocycles. The first-order chi connectivity index (χ1) is 27.4. The van der Waals surface area contributed by atoms with Crippen molar-refractivity contribution < 1.29 is 19.1 Å². The number of benzene rings is 4. The summed E-state index contributed by atoms with van der Waals surface area (Å²) >= 11 is 3.17. The Balaban J connectivity index is 0.000000223. The molecule has 1 N–H and O–H groups in total. The molecule has 0 radical (unpaired) electrons. The number of ketones is 2. The summed E-state index contributed by atoms with van der Waals surface area (Å²) in [6.07, 6.45) is 2.33. The molecule has 4 aromatic carbocycles. The van der Waals surface area contributed by atoms with Crippen LogP contribution in [0.4, 0.5) is 4.79 Å². The van der Waals surface area contributed by atoms with E-state index in [9.17, 15) is 14.4 Å². The van der Waals surface area contributed by atoms with Gasteiger partial charge in [0.15, 0.2) is 11.6 Å². The van der Waals surface area contributed by atoms with E-state index in [1.54, 1.807) is 16.2 Å². The van der Waals surface area contributed by atoms with E-state index in [1.165, 1.54) is 44.0 Å². The number of ether oxygens (including phenoxy) is 1. The SMILES string of the molecule is C.C.Cc1c(CC(=O)c2cc3c(s2)CN(C(=O)OC(C)(C)C)CC3)cccc1-c1ccccc1.Cc1c(CC(=O)c2cc3c(s2)CNCC3)cccc1-c1ccccc1. The Morgan fingerprint density at radius 2 is 1.15 bits per heavy atom. The predicted octanol–water partition coefficient (Wildman–Crippen LogP) is 12.5. The number of amides is 1. The summed E-state index contributed by atoms with van der Waals surface area (Å²) in [5.74, 6) is 0.356. The van der Waals surface area contributed by atoms with E-state index >= 15 is 0 Å². The van der Waals surface area contributed by atoms with Gasteiger partial charge in [-0.05, 0) is 122 Å². The third-order valence-electron chi connectivity index (χ3n) is 10.6. The predicted molar refractivity (Wildman–Crippen MR) is 247 cm³/mol. The van der Waals surface area contributed by atoms with Crippen molar-refractivity contribution in [2.75, 3.05) is 13.1 Å². The Morgan fingerprint density at radius 3 is 1.64 bits per heavy atom. The molecule has 0 atom stereocenters. The van der Waals surface area contributed by atoms with E-state index in [0.29, 0.717) is 25.9 Å². The summed E-state index contributed by atoms with van der Waals surface area (Å²) in [7, 11) is 0. The number of fused-ring (bicyclic) bond motifs is 2. The van der Waals surface area contributed by atoms with Gasteiger partial charge >= 0.3 is 6.09 Å². The molecule has 4 heterocycles. The summed E-state index contributed by atoms with van der Waals surface area (Å²) in [5, 5.41) is 3.38. The molecule has 0 saturated heterocycles. The smallest absolute Gasteiger partial charge is 0.410 e. The van der Waals surface area contributed by atoms with E-state index in [2.05, 4.69) is 85.9 Å². The molecule has 8 rings (SSSR count). The van der Waals surface area contributed by atoms with Crippen molar-refractivity contribution in [3.63, 3.8) is 0 Å². The molecular weight excluding hydrogens is 769 g/mol. The second kappa shape index (κ2) is 19.7. The standard InChI is InChI=1S/C27H29NO3S.C22H21NOS.2CH4/c1-18-20(11-8-12-22(18)19-9-6-5-7-10-19)15-23(29)24-16-21-13-14-28(17-25(21)32-24)26(30)31-27(2,3)4;1-15-17(8-5-9-19(15)16-6-3-2-4-7-16)12-20(24)21-13-18-10-11-23-14-22(18)25-21;;/h5-12,16H,13-15,17H2,1-4H3;2-9,13,23H,10-12,14H2,1H3;2*1H4. The lowest BCUT2D eigenvalue weighted by atomic mass is 9.94. The number of nitrogens with one attached hydrogen (secondary N) is 1. The maximum atomic E-state index is 13.1. The van der Waals surface area contributed by atoms with Crippen molar-refractivity contribution in [1.29, 1.82) is 0 Å². The molecule has 2 aliphatic heterocycles. The Kier molecular flexibility index (Phi) is 15.0. The number of carbonyl (C=O) groups excluding carboxylic acids is 3. The first-order valence-electron chi connectivity index (χ1n) is 19.7. The van der Waals surface area contributed by atoms with E-state index in [-0.39, 0.29) is 32.5 Å². The lowest BCUT2D eigenvalue weighted by Crippen LogP contribution is -2.39. The van der Waals surface area contributed by atoms with Gasteiger partial charge in [-0.2, -0.15) is 0 Å². The van der Waals surface area contributed by atoms with Crippen LogP contribution in [0.15, 0.2) is 109 Å². The normalized spacial score (nSPS) is 13.1. The quantitative estimate of drug-likeness (QED) is 0.155. The van der Waals surface area contributed by atoms with E-state index in [1.807, 2.05) is 63.2 Å². The molecule has 8 heteroatoms. The van der Waals surface area contributed by atoms with Gasteiger partial charge in [-0.3, -0.25) is 9.59 Å². The van der Waals surface area contributed by atoms with E-state index in [4.69, 9.17) is 4.74 Å². The molecule has 6 nitrogen and oxygen atoms in total. The fourth-order valence-electron chi connectivity index (χ4n) is 7.46. The molecule has 2 aliphatic rings. The van der Waals surface area contributed by atoms with Gasteiger partial charge in [-0.1, -0.05) is 112 Å². The minimum Gasteiger partial charge on any atom is -0.444 e. The van der Waals surface area contributed by atoms with Gasteiger partial charge in [0.1, 0.15) is 5.60 Å². The highest BCUT2D eigenvalue weighted by Crippen LogP contribution is 2.32. The number of hydrogen-bond acceptors (Lipinski definition) is 7. The summed E-state index contributed by atoms with van der Waals surface area (Å²) in [6, 6.07) is 37.2. The van der Waals surface area contributed by atoms with Crippen LogP contribution in [-0.2, 0) is 43.5 Å². The summed E-state index contributed by atoms with van der Waals surface area (Å²) in [4.78, 5) is 44.2. The summed E-state index contributed by atoms with van der Waals surface area (Å²) in [5.41, 5.74) is 11.3. The lowest BCUT2D eigenvalue weighted by molar-refractivity contribution is 0.0226. The zero-order chi connectivity index (χ0) is 40.1. The number of carbonyl (C=O) groups is 3. The number of hydrogen-bond donors (Lipinski definition) is 1. The average molecular weight is 827 g/mol. The molecular formula is C51H58N2O4S2. The highest BCUT2D eigenvalue weighted by atomic mass is 32.1. The van der Waals surface area contributed by atoms with Crippen LogP contribution >= 0.6 is 22.7 Å². The molecule has 0 aliphatic carbocycles. The first kappa shape index (κ1) is 44.9. The molecule has 59 heavy (non-hydrogen) atoms. The van der Waals surface area contributed by atoms with E-state index in [0.717, 1.165) is 68.4 Å². The van der Waals surface area contributed by atoms with Gasteiger partial charge in [-0.15, -0.1) is 22.7 Å². The molecule has 0 saturated carbocycles. The highest BCUT2D eigenvalue weighted by Gasteiger charge is 2.28. The largest absolute Gasteiger partial charge is 0.444 e. The molecule has 308 valence electrons. The Labute approximate surface area is 359 Å². The molecule has 0 unspecified atom stereocenters. The molecule has 0 spiro atoms. The van der Waals surface area contributed by atoms with Crippen LogP contribution in [0.5, 0.6) is 0 Å². The third-order valence-corrected chi connectivity index (χ3v) is 13.0. The van der Waals surface area contributed by atoms with Gasteiger partial charge in [0, 0.05) is 35.7 Å². The maximum absolute atomic E-state index is 13.1. The Morgan fingerprint density at radius 1 is 0.661 bits per heavy atom. The van der Waals surface area contributed by atoms with Crippen molar-refractivity contribution in [3.05, 3.63) is 162 Å². The summed E-state index contributed by atoms with van der Waals surface area (Å²) in [6.45, 7) is 12.9. The molecule has 0 fully saturated rings. The number of thiophene rings is 2. The van der Waals surface area contributed by atoms with Gasteiger partial charge in [0.25, 0.3) is 0 Å². The molecule has 1 amide bonds. The van der Waals surface area contributed by atoms with Crippen molar-refractivity contribution in [2.24, 2.45) is 0 Å². The second-order valence-electron chi connectivity index (χ2n) is 15.8. The highest BCUT2D eigenvalue weighted by molar-refractivity contribution is 7.14. The van der Waals surface area contributed by atoms with Gasteiger partial charge in [-0.25, -0.2) is 4.79 Å². The number of rotatable bonds is 8. The van der Waals surface area contributed by atoms with Crippen LogP contribution in [0.25, 0.3) is 22.3 Å². The van der Waals surface area contributed by atoms with Crippen LogP contribution in [0.2, 0.25) is 0 Å². The van der Waals surface area contributed by atoms with Gasteiger partial charge < -0.3 is 15.0 Å². The molecule has 6 aromatic rings. The monoisotopic (exact) mass is 826 g/mol. The van der Waals surface area contributed by atoms with Gasteiger partial charge in [0.2, 0.25) is 0 Å². The number of nitrogens with zero attached hydrogens (tertiary/aromatic N) is 1. The zero-order valence-corrected chi connectivity index (χ0v) is 35.1. The number of Topliss-reactive ketones (excluding diaryl/α,β-unsaturated/α-hetero) is 2. The van der Waals surface area contributed by atoms with Crippen molar-refractivity contribution in [3.8, 4) is 22.3 Å². The van der Waals surface area contributed by atoms with Crippen LogP contribution in [0, 0.1) is 13.8 Å². The Hall–Kier alpha value is -5.15. The third kappa shape index (κ3) is 10.9. The lowest BCUT2D eigenvalue weighted by Gasteiger charge is -2.29.